The van der Waals surface area contributed by atoms with Gasteiger partial charge in [-0.3, -0.25) is 13.9 Å². The van der Waals surface area contributed by atoms with Gasteiger partial charge >= 0.3 is 0 Å². The first-order valence-electron chi connectivity index (χ1n) is 10.6. The van der Waals surface area contributed by atoms with E-state index in [1.54, 1.807) is 29.2 Å². The summed E-state index contributed by atoms with van der Waals surface area (Å²) in [6.07, 6.45) is 2.13. The molecule has 2 aromatic carbocycles. The van der Waals surface area contributed by atoms with Crippen molar-refractivity contribution in [1.29, 1.82) is 0 Å². The zero-order valence-electron chi connectivity index (χ0n) is 17.6. The highest BCUT2D eigenvalue weighted by Crippen LogP contribution is 2.26. The van der Waals surface area contributed by atoms with E-state index in [1.165, 1.54) is 4.31 Å². The number of nitrogens with zero attached hydrogens (tertiary/aromatic N) is 2. The Morgan fingerprint density at radius 3 is 2.32 bits per heavy atom. The SMILES string of the molecule is Cc1ccc(C(=O)N2CCCC(C(=O)Nc3ccc(N4CCCS4(=O)=O)cc3)C2)cc1. The van der Waals surface area contributed by atoms with Crippen molar-refractivity contribution in [2.24, 2.45) is 5.92 Å². The topological polar surface area (TPSA) is 86.8 Å². The zero-order valence-corrected chi connectivity index (χ0v) is 18.4. The Kier molecular flexibility index (Phi) is 6.00. The summed E-state index contributed by atoms with van der Waals surface area (Å²) in [5, 5.41) is 2.91. The normalized spacial score (nSPS) is 20.5. The molecule has 1 N–H and O–H groups in total. The lowest BCUT2D eigenvalue weighted by atomic mass is 9.96. The van der Waals surface area contributed by atoms with Crippen LogP contribution in [0.1, 0.15) is 35.2 Å². The molecule has 2 aromatic rings. The summed E-state index contributed by atoms with van der Waals surface area (Å²) in [4.78, 5) is 27.3. The molecule has 7 nitrogen and oxygen atoms in total. The Bertz CT molecular complexity index is 1070. The van der Waals surface area contributed by atoms with Gasteiger partial charge in [-0.15, -0.1) is 0 Å². The third kappa shape index (κ3) is 4.74. The lowest BCUT2D eigenvalue weighted by Crippen LogP contribution is -2.43. The predicted octanol–water partition coefficient (Wildman–Crippen LogP) is 3.03. The standard InChI is InChI=1S/C23H27N3O4S/c1-17-5-7-18(8-6-17)23(28)25-13-2-4-19(16-25)22(27)24-20-9-11-21(12-10-20)26-14-3-15-31(26,29)30/h5-12,19H,2-4,13-16H2,1H3,(H,24,27). The second-order valence-corrected chi connectivity index (χ2v) is 10.2. The number of anilines is 2. The van der Waals surface area contributed by atoms with E-state index in [4.69, 9.17) is 0 Å². The molecule has 0 radical (unpaired) electrons. The quantitative estimate of drug-likeness (QED) is 0.790. The van der Waals surface area contributed by atoms with Crippen molar-refractivity contribution < 1.29 is 18.0 Å². The fraction of sp³-hybridized carbons (Fsp3) is 0.391. The number of nitrogens with one attached hydrogen (secondary N) is 1. The van der Waals surface area contributed by atoms with Gasteiger partial charge in [0.2, 0.25) is 15.9 Å². The molecule has 2 fully saturated rings. The minimum absolute atomic E-state index is 0.0475. The van der Waals surface area contributed by atoms with Crippen molar-refractivity contribution in [2.75, 3.05) is 35.0 Å². The van der Waals surface area contributed by atoms with Gasteiger partial charge in [-0.1, -0.05) is 17.7 Å². The molecular formula is C23H27N3O4S. The molecule has 31 heavy (non-hydrogen) atoms. The van der Waals surface area contributed by atoms with Gasteiger partial charge in [-0.25, -0.2) is 8.42 Å². The van der Waals surface area contributed by atoms with Gasteiger partial charge in [0.25, 0.3) is 5.91 Å². The van der Waals surface area contributed by atoms with E-state index in [1.807, 2.05) is 31.2 Å². The first-order chi connectivity index (χ1) is 14.8. The van der Waals surface area contributed by atoms with Crippen LogP contribution < -0.4 is 9.62 Å². The van der Waals surface area contributed by atoms with Gasteiger partial charge in [-0.2, -0.15) is 0 Å². The van der Waals surface area contributed by atoms with E-state index < -0.39 is 10.0 Å². The molecular weight excluding hydrogens is 414 g/mol. The second-order valence-electron chi connectivity index (χ2n) is 8.23. The van der Waals surface area contributed by atoms with E-state index in [-0.39, 0.29) is 23.5 Å². The Balaban J connectivity index is 1.38. The zero-order chi connectivity index (χ0) is 22.0. The molecule has 2 aliphatic heterocycles. The molecule has 0 spiro atoms. The summed E-state index contributed by atoms with van der Waals surface area (Å²) in [7, 11) is -3.22. The van der Waals surface area contributed by atoms with E-state index in [0.29, 0.717) is 43.0 Å². The van der Waals surface area contributed by atoms with Crippen LogP contribution >= 0.6 is 0 Å². The number of piperidine rings is 1. The number of benzene rings is 2. The predicted molar refractivity (Wildman–Crippen MR) is 121 cm³/mol. The maximum atomic E-state index is 12.8. The summed E-state index contributed by atoms with van der Waals surface area (Å²) in [5.41, 5.74) is 2.97. The fourth-order valence-electron chi connectivity index (χ4n) is 4.14. The van der Waals surface area contributed by atoms with Crippen molar-refractivity contribution in [3.8, 4) is 0 Å². The van der Waals surface area contributed by atoms with Crippen molar-refractivity contribution in [2.45, 2.75) is 26.2 Å². The maximum Gasteiger partial charge on any atom is 0.253 e. The third-order valence-electron chi connectivity index (χ3n) is 5.90. The molecule has 4 rings (SSSR count). The lowest BCUT2D eigenvalue weighted by molar-refractivity contribution is -0.121. The molecule has 8 heteroatoms. The van der Waals surface area contributed by atoms with Crippen LogP contribution in [0.3, 0.4) is 0 Å². The van der Waals surface area contributed by atoms with Crippen molar-refractivity contribution >= 4 is 33.2 Å². The van der Waals surface area contributed by atoms with E-state index >= 15 is 0 Å². The minimum Gasteiger partial charge on any atom is -0.338 e. The summed E-state index contributed by atoms with van der Waals surface area (Å²) >= 11 is 0. The highest BCUT2D eigenvalue weighted by Gasteiger charge is 2.30. The molecule has 2 saturated heterocycles. The molecule has 1 atom stereocenters. The second kappa shape index (κ2) is 8.70. The van der Waals surface area contributed by atoms with Gasteiger partial charge in [0.05, 0.1) is 17.4 Å². The fourth-order valence-corrected chi connectivity index (χ4v) is 5.70. The summed E-state index contributed by atoms with van der Waals surface area (Å²) in [6, 6.07) is 14.3. The van der Waals surface area contributed by atoms with Crippen LogP contribution in [0.15, 0.2) is 48.5 Å². The van der Waals surface area contributed by atoms with E-state index in [2.05, 4.69) is 5.32 Å². The number of hydrogen-bond donors (Lipinski definition) is 1. The Morgan fingerprint density at radius 1 is 0.968 bits per heavy atom. The van der Waals surface area contributed by atoms with Gasteiger partial charge in [0, 0.05) is 30.9 Å². The number of likely N-dealkylation sites (tertiary alicyclic amines) is 1. The Labute approximate surface area is 183 Å². The van der Waals surface area contributed by atoms with Crippen LogP contribution in [0.2, 0.25) is 0 Å². The average Bonchev–Trinajstić information content (AvgIpc) is 3.13. The van der Waals surface area contributed by atoms with E-state index in [9.17, 15) is 18.0 Å². The van der Waals surface area contributed by atoms with Gasteiger partial charge in [-0.05, 0) is 62.6 Å². The number of rotatable bonds is 4. The summed E-state index contributed by atoms with van der Waals surface area (Å²) < 4.78 is 25.5. The molecule has 0 aromatic heterocycles. The van der Waals surface area contributed by atoms with Gasteiger partial charge < -0.3 is 10.2 Å². The number of carbonyl (C=O) groups excluding carboxylic acids is 2. The molecule has 0 aliphatic carbocycles. The maximum absolute atomic E-state index is 12.8. The first-order valence-corrected chi connectivity index (χ1v) is 12.2. The van der Waals surface area contributed by atoms with Crippen molar-refractivity contribution in [3.63, 3.8) is 0 Å². The number of hydrogen-bond acceptors (Lipinski definition) is 4. The number of amides is 2. The molecule has 1 unspecified atom stereocenters. The molecule has 2 aliphatic rings. The first kappa shape index (κ1) is 21.4. The largest absolute Gasteiger partial charge is 0.338 e. The van der Waals surface area contributed by atoms with Crippen LogP contribution in [0.4, 0.5) is 11.4 Å². The molecule has 0 bridgehead atoms. The van der Waals surface area contributed by atoms with Gasteiger partial charge in [0.15, 0.2) is 0 Å². The molecule has 2 amide bonds. The molecule has 2 heterocycles. The number of aryl methyl sites for hydroxylation is 1. The van der Waals surface area contributed by atoms with Crippen LogP contribution in [0.5, 0.6) is 0 Å². The highest BCUT2D eigenvalue weighted by molar-refractivity contribution is 7.93. The summed E-state index contributed by atoms with van der Waals surface area (Å²) in [6.45, 7) is 3.51. The highest BCUT2D eigenvalue weighted by atomic mass is 32.2. The Hall–Kier alpha value is -2.87. The van der Waals surface area contributed by atoms with Crippen LogP contribution in [-0.2, 0) is 14.8 Å². The number of sulfonamides is 1. The third-order valence-corrected chi connectivity index (χ3v) is 7.77. The van der Waals surface area contributed by atoms with E-state index in [0.717, 1.165) is 18.4 Å². The smallest absolute Gasteiger partial charge is 0.253 e. The minimum atomic E-state index is -3.22. The van der Waals surface area contributed by atoms with Crippen molar-refractivity contribution in [3.05, 3.63) is 59.7 Å². The average molecular weight is 442 g/mol. The molecule has 0 saturated carbocycles. The van der Waals surface area contributed by atoms with Crippen LogP contribution in [-0.4, -0.2) is 50.5 Å². The van der Waals surface area contributed by atoms with Crippen LogP contribution in [0.25, 0.3) is 0 Å². The lowest BCUT2D eigenvalue weighted by Gasteiger charge is -2.32. The Morgan fingerprint density at radius 2 is 1.68 bits per heavy atom. The molecule has 164 valence electrons. The van der Waals surface area contributed by atoms with Crippen molar-refractivity contribution in [1.82, 2.24) is 4.90 Å². The van der Waals surface area contributed by atoms with Gasteiger partial charge in [0.1, 0.15) is 0 Å². The monoisotopic (exact) mass is 441 g/mol. The van der Waals surface area contributed by atoms with Crippen LogP contribution in [0, 0.1) is 12.8 Å². The summed E-state index contributed by atoms with van der Waals surface area (Å²) in [5.74, 6) is -0.274. The number of carbonyl (C=O) groups is 2.